The number of hydrogen-bond donors (Lipinski definition) is 1. The van der Waals surface area contributed by atoms with Crippen molar-refractivity contribution in [1.82, 2.24) is 14.9 Å². The van der Waals surface area contributed by atoms with Crippen LogP contribution in [0.4, 0.5) is 24.8 Å². The molecule has 1 aromatic rings. The lowest BCUT2D eigenvalue weighted by atomic mass is 10.0. The Bertz CT molecular complexity index is 641. The largest absolute Gasteiger partial charge is 0.418 e. The van der Waals surface area contributed by atoms with E-state index < -0.39 is 24.7 Å². The van der Waals surface area contributed by atoms with E-state index in [1.54, 1.807) is 22.9 Å². The molecule has 2 aliphatic heterocycles. The lowest BCUT2D eigenvalue weighted by molar-refractivity contribution is -0.250. The fraction of sp³-hybridized carbons (Fsp3) is 0.643. The highest BCUT2D eigenvalue weighted by atomic mass is 19.4. The van der Waals surface area contributed by atoms with Crippen LogP contribution in [0, 0.1) is 0 Å². The second-order valence-corrected chi connectivity index (χ2v) is 6.17. The minimum absolute atomic E-state index is 0.0472. The van der Waals surface area contributed by atoms with Gasteiger partial charge in [-0.3, -0.25) is 4.79 Å². The summed E-state index contributed by atoms with van der Waals surface area (Å²) in [5, 5.41) is 9.77. The Balaban J connectivity index is 1.76. The van der Waals surface area contributed by atoms with E-state index in [9.17, 15) is 23.1 Å². The molecule has 2 fully saturated rings. The van der Waals surface area contributed by atoms with Crippen molar-refractivity contribution >= 4 is 17.5 Å². The lowest BCUT2D eigenvalue weighted by Gasteiger charge is -2.33. The molecule has 24 heavy (non-hydrogen) atoms. The molecule has 132 valence electrons. The Morgan fingerprint density at radius 3 is 2.42 bits per heavy atom. The normalized spacial score (nSPS) is 25.5. The Labute approximate surface area is 136 Å². The summed E-state index contributed by atoms with van der Waals surface area (Å²) in [6.07, 6.45) is -3.82. The Kier molecular flexibility index (Phi) is 4.02. The average molecular weight is 345 g/mol. The molecule has 1 aromatic heterocycles. The van der Waals surface area contributed by atoms with E-state index >= 15 is 0 Å². The van der Waals surface area contributed by atoms with Gasteiger partial charge in [-0.1, -0.05) is 0 Å². The van der Waals surface area contributed by atoms with Gasteiger partial charge < -0.3 is 19.8 Å². The lowest BCUT2D eigenvalue weighted by Crippen LogP contribution is -2.49. The van der Waals surface area contributed by atoms with Crippen LogP contribution in [-0.2, 0) is 4.79 Å². The van der Waals surface area contributed by atoms with Gasteiger partial charge in [-0.2, -0.15) is 13.2 Å². The van der Waals surface area contributed by atoms with Crippen molar-refractivity contribution in [1.29, 1.82) is 0 Å². The number of β-amino-alcohol motifs (C(OH)–C–C–N with tert-alkyl or cyclic N) is 1. The minimum atomic E-state index is -4.68. The number of aliphatic hydroxyl groups is 1. The number of piperazine rings is 1. The maximum atomic E-state index is 12.9. The zero-order valence-corrected chi connectivity index (χ0v) is 13.1. The molecule has 1 N–H and O–H groups in total. The third-order valence-electron chi connectivity index (χ3n) is 4.52. The molecular weight excluding hydrogens is 327 g/mol. The first-order chi connectivity index (χ1) is 11.2. The predicted octanol–water partition coefficient (Wildman–Crippen LogP) is 0.259. The van der Waals surface area contributed by atoms with Crippen LogP contribution in [0.15, 0.2) is 12.4 Å². The molecule has 0 aliphatic carbocycles. The first-order valence-corrected chi connectivity index (χ1v) is 7.55. The SMILES string of the molecule is CN1CCN(c2cc(N3CCC(O)(C(F)(F)F)C3)ncn2)CC1=O. The van der Waals surface area contributed by atoms with Gasteiger partial charge in [0.2, 0.25) is 5.91 Å². The van der Waals surface area contributed by atoms with Gasteiger partial charge in [0.05, 0.1) is 13.1 Å². The monoisotopic (exact) mass is 345 g/mol. The first kappa shape index (κ1) is 16.7. The van der Waals surface area contributed by atoms with Crippen molar-refractivity contribution in [3.8, 4) is 0 Å². The summed E-state index contributed by atoms with van der Waals surface area (Å²) >= 11 is 0. The van der Waals surface area contributed by atoms with E-state index in [1.807, 2.05) is 0 Å². The Morgan fingerprint density at radius 1 is 1.17 bits per heavy atom. The Hall–Kier alpha value is -2.10. The molecular formula is C14H18F3N5O2. The second kappa shape index (κ2) is 5.76. The maximum Gasteiger partial charge on any atom is 0.418 e. The van der Waals surface area contributed by atoms with Crippen LogP contribution < -0.4 is 9.80 Å². The van der Waals surface area contributed by atoms with E-state index in [-0.39, 0.29) is 19.0 Å². The van der Waals surface area contributed by atoms with Crippen LogP contribution >= 0.6 is 0 Å². The van der Waals surface area contributed by atoms with Crippen molar-refractivity contribution in [3.63, 3.8) is 0 Å². The van der Waals surface area contributed by atoms with Crippen molar-refractivity contribution in [2.75, 3.05) is 49.6 Å². The highest BCUT2D eigenvalue weighted by molar-refractivity contribution is 5.82. The molecule has 10 heteroatoms. The molecule has 0 bridgehead atoms. The number of anilines is 2. The summed E-state index contributed by atoms with van der Waals surface area (Å²) in [7, 11) is 1.72. The molecule has 1 amide bonds. The van der Waals surface area contributed by atoms with Crippen molar-refractivity contribution in [2.45, 2.75) is 18.2 Å². The van der Waals surface area contributed by atoms with Gasteiger partial charge >= 0.3 is 6.18 Å². The van der Waals surface area contributed by atoms with E-state index in [4.69, 9.17) is 0 Å². The van der Waals surface area contributed by atoms with E-state index in [0.717, 1.165) is 0 Å². The molecule has 1 unspecified atom stereocenters. The summed E-state index contributed by atoms with van der Waals surface area (Å²) in [6.45, 7) is 0.795. The fourth-order valence-electron chi connectivity index (χ4n) is 2.86. The van der Waals surface area contributed by atoms with E-state index in [1.165, 1.54) is 11.2 Å². The number of nitrogens with zero attached hydrogens (tertiary/aromatic N) is 5. The molecule has 2 aliphatic rings. The van der Waals surface area contributed by atoms with Crippen LogP contribution in [0.2, 0.25) is 0 Å². The van der Waals surface area contributed by atoms with E-state index in [2.05, 4.69) is 9.97 Å². The number of aromatic nitrogens is 2. The van der Waals surface area contributed by atoms with Gasteiger partial charge in [0.25, 0.3) is 0 Å². The standard InChI is InChI=1S/C14H18F3N5O2/c1-20-4-5-21(7-12(20)23)10-6-11(19-9-18-10)22-3-2-13(24,8-22)14(15,16)17/h6,9,24H,2-5,7-8H2,1H3. The second-order valence-electron chi connectivity index (χ2n) is 6.17. The quantitative estimate of drug-likeness (QED) is 0.829. The highest BCUT2D eigenvalue weighted by Crippen LogP contribution is 2.39. The van der Waals surface area contributed by atoms with Crippen molar-refractivity contribution < 1.29 is 23.1 Å². The third kappa shape index (κ3) is 2.97. The molecule has 3 heterocycles. The maximum absolute atomic E-state index is 12.9. The van der Waals surface area contributed by atoms with Gasteiger partial charge in [-0.15, -0.1) is 0 Å². The van der Waals surface area contributed by atoms with Crippen LogP contribution in [-0.4, -0.2) is 77.4 Å². The smallest absolute Gasteiger partial charge is 0.379 e. The van der Waals surface area contributed by atoms with Crippen LogP contribution in [0.1, 0.15) is 6.42 Å². The molecule has 3 rings (SSSR count). The molecule has 0 spiro atoms. The fourth-order valence-corrected chi connectivity index (χ4v) is 2.86. The van der Waals surface area contributed by atoms with Gasteiger partial charge in [0.15, 0.2) is 5.60 Å². The van der Waals surface area contributed by atoms with Gasteiger partial charge in [-0.25, -0.2) is 9.97 Å². The van der Waals surface area contributed by atoms with E-state index in [0.29, 0.717) is 24.7 Å². The number of amides is 1. The summed E-state index contributed by atoms with van der Waals surface area (Å²) < 4.78 is 38.8. The molecule has 0 saturated carbocycles. The number of rotatable bonds is 2. The average Bonchev–Trinajstić information content (AvgIpc) is 2.94. The molecule has 2 saturated heterocycles. The summed E-state index contributed by atoms with van der Waals surface area (Å²) in [6, 6.07) is 1.56. The molecule has 0 aromatic carbocycles. The summed E-state index contributed by atoms with van der Waals surface area (Å²) in [5.41, 5.74) is -2.72. The molecule has 1 atom stereocenters. The van der Waals surface area contributed by atoms with Gasteiger partial charge in [-0.05, 0) is 0 Å². The highest BCUT2D eigenvalue weighted by Gasteiger charge is 2.57. The number of alkyl halides is 3. The topological polar surface area (TPSA) is 72.8 Å². The van der Waals surface area contributed by atoms with Crippen molar-refractivity contribution in [2.24, 2.45) is 0 Å². The summed E-state index contributed by atoms with van der Waals surface area (Å²) in [4.78, 5) is 24.7. The van der Waals surface area contributed by atoms with Crippen LogP contribution in [0.25, 0.3) is 0 Å². The zero-order chi connectivity index (χ0) is 17.5. The first-order valence-electron chi connectivity index (χ1n) is 7.55. The van der Waals surface area contributed by atoms with Crippen LogP contribution in [0.3, 0.4) is 0 Å². The van der Waals surface area contributed by atoms with Gasteiger partial charge in [0.1, 0.15) is 18.0 Å². The third-order valence-corrected chi connectivity index (χ3v) is 4.52. The number of hydrogen-bond acceptors (Lipinski definition) is 6. The molecule has 0 radical (unpaired) electrons. The number of likely N-dealkylation sites (N-methyl/N-ethyl adjacent to an activating group) is 1. The number of carbonyl (C=O) groups is 1. The van der Waals surface area contributed by atoms with Crippen molar-refractivity contribution in [3.05, 3.63) is 12.4 Å². The minimum Gasteiger partial charge on any atom is -0.379 e. The molecule has 7 nitrogen and oxygen atoms in total. The van der Waals surface area contributed by atoms with Gasteiger partial charge in [0, 0.05) is 39.2 Å². The number of halogens is 3. The summed E-state index contributed by atoms with van der Waals surface area (Å²) in [5.74, 6) is 0.754. The Morgan fingerprint density at radius 2 is 1.83 bits per heavy atom. The predicted molar refractivity (Wildman–Crippen MR) is 79.7 cm³/mol. The van der Waals surface area contributed by atoms with Crippen LogP contribution in [0.5, 0.6) is 0 Å². The zero-order valence-electron chi connectivity index (χ0n) is 13.1. The number of carbonyl (C=O) groups excluding carboxylic acids is 1.